The lowest BCUT2D eigenvalue weighted by Crippen LogP contribution is -2.50. The molecule has 8 heteroatoms. The fourth-order valence-electron chi connectivity index (χ4n) is 3.22. The Kier molecular flexibility index (Phi) is 7.55. The first-order valence-electron chi connectivity index (χ1n) is 8.90. The van der Waals surface area contributed by atoms with Crippen molar-refractivity contribution in [1.29, 1.82) is 0 Å². The maximum atomic E-state index is 13.7. The van der Waals surface area contributed by atoms with E-state index in [0.717, 1.165) is 12.7 Å². The molecule has 1 fully saturated rings. The van der Waals surface area contributed by atoms with Crippen molar-refractivity contribution in [2.45, 2.75) is 51.3 Å². The van der Waals surface area contributed by atoms with Gasteiger partial charge in [0.15, 0.2) is 0 Å². The van der Waals surface area contributed by atoms with Crippen molar-refractivity contribution in [1.82, 2.24) is 10.0 Å². The van der Waals surface area contributed by atoms with E-state index >= 15 is 0 Å². The number of carbonyl (C=O) groups excluding carboxylic acids is 1. The van der Waals surface area contributed by atoms with Gasteiger partial charge < -0.3 is 10.1 Å². The van der Waals surface area contributed by atoms with Gasteiger partial charge in [-0.2, -0.15) is 0 Å². The van der Waals surface area contributed by atoms with Crippen molar-refractivity contribution in [3.63, 3.8) is 0 Å². The highest BCUT2D eigenvalue weighted by molar-refractivity contribution is 7.88. The van der Waals surface area contributed by atoms with Crippen LogP contribution in [-0.2, 0) is 26.1 Å². The summed E-state index contributed by atoms with van der Waals surface area (Å²) in [5.74, 6) is -0.883. The molecule has 0 radical (unpaired) electrons. The number of hydrogen-bond acceptors (Lipinski definition) is 4. The minimum Gasteiger partial charge on any atom is -0.377 e. The van der Waals surface area contributed by atoms with Crippen LogP contribution in [0.4, 0.5) is 4.39 Å². The summed E-state index contributed by atoms with van der Waals surface area (Å²) in [7, 11) is -3.40. The quantitative estimate of drug-likeness (QED) is 0.715. The van der Waals surface area contributed by atoms with Crippen molar-refractivity contribution in [3.05, 3.63) is 35.6 Å². The second-order valence-electron chi connectivity index (χ2n) is 6.72. The van der Waals surface area contributed by atoms with Crippen LogP contribution in [-0.4, -0.2) is 39.3 Å². The smallest absolute Gasteiger partial charge is 0.223 e. The Morgan fingerprint density at radius 3 is 2.69 bits per heavy atom. The molecule has 2 rings (SSSR count). The maximum absolute atomic E-state index is 13.7. The molecule has 26 heavy (non-hydrogen) atoms. The fourth-order valence-corrected chi connectivity index (χ4v) is 4.01. The Bertz CT molecular complexity index is 711. The van der Waals surface area contributed by atoms with Crippen molar-refractivity contribution in [3.8, 4) is 0 Å². The highest BCUT2D eigenvalue weighted by Gasteiger charge is 2.35. The van der Waals surface area contributed by atoms with Gasteiger partial charge >= 0.3 is 0 Å². The molecular formula is C18H27FN2O4S. The lowest BCUT2D eigenvalue weighted by atomic mass is 9.83. The third kappa shape index (κ3) is 6.34. The predicted octanol–water partition coefficient (Wildman–Crippen LogP) is 1.96. The van der Waals surface area contributed by atoms with Crippen molar-refractivity contribution >= 4 is 15.9 Å². The zero-order valence-electron chi connectivity index (χ0n) is 15.2. The third-order valence-corrected chi connectivity index (χ3v) is 5.20. The van der Waals surface area contributed by atoms with Gasteiger partial charge in [-0.3, -0.25) is 4.79 Å². The van der Waals surface area contributed by atoms with Gasteiger partial charge in [-0.25, -0.2) is 17.5 Å². The molecule has 0 saturated heterocycles. The van der Waals surface area contributed by atoms with Gasteiger partial charge in [0.1, 0.15) is 5.82 Å². The summed E-state index contributed by atoms with van der Waals surface area (Å²) < 4.78 is 45.3. The summed E-state index contributed by atoms with van der Waals surface area (Å²) in [6.07, 6.45) is 3.29. The molecule has 0 bridgehead atoms. The monoisotopic (exact) mass is 386 g/mol. The largest absolute Gasteiger partial charge is 0.377 e. The van der Waals surface area contributed by atoms with Crippen molar-refractivity contribution in [2.24, 2.45) is 5.92 Å². The molecule has 1 aliphatic carbocycles. The molecule has 0 unspecified atom stereocenters. The summed E-state index contributed by atoms with van der Waals surface area (Å²) in [5, 5.41) is 2.75. The SMILES string of the molecule is CCCO[C@@H]1CC[C@H](C(=O)NCc2ccccc2F)C[C@H]1NS(C)(=O)=O. The van der Waals surface area contributed by atoms with Crippen LogP contribution < -0.4 is 10.0 Å². The van der Waals surface area contributed by atoms with Crippen LogP contribution in [0.1, 0.15) is 38.2 Å². The molecule has 0 aliphatic heterocycles. The Morgan fingerprint density at radius 1 is 1.31 bits per heavy atom. The summed E-state index contributed by atoms with van der Waals surface area (Å²) in [6.45, 7) is 2.65. The van der Waals surface area contributed by atoms with Crippen LogP contribution in [0.3, 0.4) is 0 Å². The summed E-state index contributed by atoms with van der Waals surface area (Å²) in [6, 6.07) is 5.85. The van der Waals surface area contributed by atoms with Crippen LogP contribution in [0.25, 0.3) is 0 Å². The number of benzene rings is 1. The van der Waals surface area contributed by atoms with E-state index in [9.17, 15) is 17.6 Å². The zero-order chi connectivity index (χ0) is 19.2. The molecular weight excluding hydrogens is 359 g/mol. The predicted molar refractivity (Wildman–Crippen MR) is 97.4 cm³/mol. The summed E-state index contributed by atoms with van der Waals surface area (Å²) >= 11 is 0. The van der Waals surface area contributed by atoms with Crippen LogP contribution in [0, 0.1) is 11.7 Å². The highest BCUT2D eigenvalue weighted by Crippen LogP contribution is 2.27. The number of sulfonamides is 1. The average Bonchev–Trinajstić information content (AvgIpc) is 2.58. The number of halogens is 1. The van der Waals surface area contributed by atoms with Gasteiger partial charge in [-0.05, 0) is 31.7 Å². The molecule has 0 aromatic heterocycles. The minimum atomic E-state index is -3.40. The first kappa shape index (κ1) is 20.8. The van der Waals surface area contributed by atoms with Gasteiger partial charge in [-0.1, -0.05) is 25.1 Å². The normalized spacial score (nSPS) is 23.6. The third-order valence-electron chi connectivity index (χ3n) is 4.47. The number of nitrogens with one attached hydrogen (secondary N) is 2. The van der Waals surface area contributed by atoms with E-state index in [2.05, 4.69) is 10.0 Å². The maximum Gasteiger partial charge on any atom is 0.223 e. The van der Waals surface area contributed by atoms with Crippen LogP contribution in [0.2, 0.25) is 0 Å². The number of amides is 1. The van der Waals surface area contributed by atoms with E-state index in [4.69, 9.17) is 4.74 Å². The Labute approximate surface area is 154 Å². The lowest BCUT2D eigenvalue weighted by molar-refractivity contribution is -0.127. The minimum absolute atomic E-state index is 0.113. The van der Waals surface area contributed by atoms with Crippen LogP contribution in [0.5, 0.6) is 0 Å². The number of rotatable bonds is 8. The second-order valence-corrected chi connectivity index (χ2v) is 8.50. The molecule has 1 aliphatic rings. The van der Waals surface area contributed by atoms with Gasteiger partial charge in [0.05, 0.1) is 12.4 Å². The van der Waals surface area contributed by atoms with Gasteiger partial charge in [0.2, 0.25) is 15.9 Å². The summed E-state index contributed by atoms with van der Waals surface area (Å²) in [5.41, 5.74) is 0.423. The molecule has 3 atom stereocenters. The number of ether oxygens (including phenoxy) is 1. The van der Waals surface area contributed by atoms with E-state index in [-0.39, 0.29) is 30.3 Å². The molecule has 2 N–H and O–H groups in total. The summed E-state index contributed by atoms with van der Waals surface area (Å²) in [4.78, 5) is 12.5. The molecule has 6 nitrogen and oxygen atoms in total. The van der Waals surface area contributed by atoms with Crippen molar-refractivity contribution in [2.75, 3.05) is 12.9 Å². The molecule has 1 aromatic rings. The molecule has 146 valence electrons. The van der Waals surface area contributed by atoms with E-state index in [0.29, 0.717) is 31.4 Å². The van der Waals surface area contributed by atoms with Gasteiger partial charge in [0.25, 0.3) is 0 Å². The van der Waals surface area contributed by atoms with Gasteiger partial charge in [0, 0.05) is 30.7 Å². The number of carbonyl (C=O) groups is 1. The van der Waals surface area contributed by atoms with E-state index < -0.39 is 16.1 Å². The number of hydrogen-bond donors (Lipinski definition) is 2. The Balaban J connectivity index is 1.96. The zero-order valence-corrected chi connectivity index (χ0v) is 16.0. The molecule has 0 heterocycles. The lowest BCUT2D eigenvalue weighted by Gasteiger charge is -2.35. The molecule has 1 amide bonds. The molecule has 1 aromatic carbocycles. The highest BCUT2D eigenvalue weighted by atomic mass is 32.2. The standard InChI is InChI=1S/C18H27FN2O4S/c1-3-10-25-17-9-8-13(11-16(17)21-26(2,23)24)18(22)20-12-14-6-4-5-7-15(14)19/h4-7,13,16-17,21H,3,8-12H2,1-2H3,(H,20,22)/t13-,16+,17+/m0/s1. The van der Waals surface area contributed by atoms with Gasteiger partial charge in [-0.15, -0.1) is 0 Å². The first-order chi connectivity index (χ1) is 12.3. The Morgan fingerprint density at radius 2 is 2.04 bits per heavy atom. The first-order valence-corrected chi connectivity index (χ1v) is 10.8. The molecule has 1 saturated carbocycles. The van der Waals surface area contributed by atoms with E-state index in [1.807, 2.05) is 6.92 Å². The van der Waals surface area contributed by atoms with Crippen LogP contribution >= 0.6 is 0 Å². The molecule has 0 spiro atoms. The Hall–Kier alpha value is -1.51. The fraction of sp³-hybridized carbons (Fsp3) is 0.611. The average molecular weight is 386 g/mol. The van der Waals surface area contributed by atoms with E-state index in [1.165, 1.54) is 6.07 Å². The van der Waals surface area contributed by atoms with Crippen LogP contribution in [0.15, 0.2) is 24.3 Å². The van der Waals surface area contributed by atoms with Crippen molar-refractivity contribution < 1.29 is 22.3 Å². The topological polar surface area (TPSA) is 84.5 Å². The van der Waals surface area contributed by atoms with E-state index in [1.54, 1.807) is 18.2 Å². The second kappa shape index (κ2) is 9.43.